The van der Waals surface area contributed by atoms with Crippen LogP contribution in [0.15, 0.2) is 47.4 Å². The maximum Gasteiger partial charge on any atom is 0.306 e. The summed E-state index contributed by atoms with van der Waals surface area (Å²) in [5.41, 5.74) is 0.868. The summed E-state index contributed by atoms with van der Waals surface area (Å²) in [5.74, 6) is -2.72. The third-order valence-corrected chi connectivity index (χ3v) is 10.6. The van der Waals surface area contributed by atoms with E-state index >= 15 is 4.39 Å². The number of nitrogens with zero attached hydrogens (tertiary/aromatic N) is 1. The summed E-state index contributed by atoms with van der Waals surface area (Å²) in [6, 6.07) is 9.18. The number of benzene rings is 2. The van der Waals surface area contributed by atoms with Crippen LogP contribution < -0.4 is 0 Å². The lowest BCUT2D eigenvalue weighted by molar-refractivity contribution is -0.145. The Morgan fingerprint density at radius 2 is 1.56 bits per heavy atom. The van der Waals surface area contributed by atoms with Gasteiger partial charge < -0.3 is 10.0 Å². The number of halogens is 2. The lowest BCUT2D eigenvalue weighted by Crippen LogP contribution is -2.43. The molecule has 1 amide bonds. The Hall–Kier alpha value is -2.81. The summed E-state index contributed by atoms with van der Waals surface area (Å²) in [4.78, 5) is 26.1. The molecule has 2 saturated carbocycles. The summed E-state index contributed by atoms with van der Waals surface area (Å²) < 4.78 is 55.1. The summed E-state index contributed by atoms with van der Waals surface area (Å²) >= 11 is 0. The maximum absolute atomic E-state index is 15.1. The number of hydrogen-bond donors (Lipinski definition) is 1. The summed E-state index contributed by atoms with van der Waals surface area (Å²) in [5, 5.41) is 9.25. The zero-order chi connectivity index (χ0) is 25.7. The molecule has 3 aliphatic rings. The van der Waals surface area contributed by atoms with Gasteiger partial charge in [-0.2, -0.15) is 0 Å². The second-order valence-electron chi connectivity index (χ2n) is 10.4. The molecule has 0 aromatic heterocycles. The minimum absolute atomic E-state index is 0.0770. The highest BCUT2D eigenvalue weighted by Crippen LogP contribution is 2.47. The molecule has 0 radical (unpaired) electrons. The van der Waals surface area contributed by atoms with Gasteiger partial charge in [0.2, 0.25) is 5.91 Å². The first kappa shape index (κ1) is 24.9. The molecule has 3 fully saturated rings. The average Bonchev–Trinajstić information content (AvgIpc) is 3.60. The van der Waals surface area contributed by atoms with E-state index in [1.165, 1.54) is 23.1 Å². The molecule has 1 aliphatic heterocycles. The molecular weight excluding hydrogens is 488 g/mol. The van der Waals surface area contributed by atoms with Gasteiger partial charge >= 0.3 is 5.97 Å². The van der Waals surface area contributed by atoms with Crippen molar-refractivity contribution in [2.24, 2.45) is 11.8 Å². The molecule has 1 N–H and O–H groups in total. The Balaban J connectivity index is 1.48. The Kier molecular flexibility index (Phi) is 6.39. The van der Waals surface area contributed by atoms with E-state index in [0.717, 1.165) is 25.0 Å². The predicted octanol–water partition coefficient (Wildman–Crippen LogP) is 4.63. The normalized spacial score (nSPS) is 26.7. The number of carbonyl (C=O) groups is 2. The van der Waals surface area contributed by atoms with Gasteiger partial charge in [0.15, 0.2) is 9.84 Å². The van der Waals surface area contributed by atoms with Gasteiger partial charge in [-0.15, -0.1) is 0 Å². The highest BCUT2D eigenvalue weighted by Gasteiger charge is 2.53. The number of carboxylic acids is 1. The third-order valence-electron chi connectivity index (χ3n) is 8.15. The fourth-order valence-electron chi connectivity index (χ4n) is 5.80. The highest BCUT2D eigenvalue weighted by molar-refractivity contribution is 7.92. The third kappa shape index (κ3) is 4.31. The fraction of sp³-hybridized carbons (Fsp3) is 0.481. The molecule has 2 aromatic rings. The fourth-order valence-corrected chi connectivity index (χ4v) is 7.87. The van der Waals surface area contributed by atoms with Crippen LogP contribution in [0.5, 0.6) is 0 Å². The SMILES string of the molecule is O=C(O)C1CCC(C(=O)N2CC[C@](c3ccc(C4CC4)c(F)c3)(S(=O)(=O)c3ccc(F)cc3)C2)CC1. The summed E-state index contributed by atoms with van der Waals surface area (Å²) in [6.45, 7) is 0.0523. The van der Waals surface area contributed by atoms with E-state index in [9.17, 15) is 27.5 Å². The van der Waals surface area contributed by atoms with E-state index in [1.807, 2.05) is 0 Å². The van der Waals surface area contributed by atoms with Gasteiger partial charge in [0.05, 0.1) is 10.8 Å². The second-order valence-corrected chi connectivity index (χ2v) is 12.6. The van der Waals surface area contributed by atoms with Gasteiger partial charge in [-0.3, -0.25) is 9.59 Å². The maximum atomic E-state index is 15.1. The first-order chi connectivity index (χ1) is 17.1. The molecule has 1 saturated heterocycles. The number of sulfone groups is 1. The molecular formula is C27H29F2NO5S. The first-order valence-corrected chi connectivity index (χ1v) is 13.9. The van der Waals surface area contributed by atoms with Crippen molar-refractivity contribution in [3.63, 3.8) is 0 Å². The lowest BCUT2D eigenvalue weighted by Gasteiger charge is -2.32. The monoisotopic (exact) mass is 517 g/mol. The van der Waals surface area contributed by atoms with E-state index in [-0.39, 0.29) is 42.1 Å². The number of rotatable bonds is 6. The van der Waals surface area contributed by atoms with Crippen LogP contribution in [-0.4, -0.2) is 43.4 Å². The van der Waals surface area contributed by atoms with Crippen molar-refractivity contribution in [1.82, 2.24) is 4.90 Å². The van der Waals surface area contributed by atoms with Crippen LogP contribution >= 0.6 is 0 Å². The van der Waals surface area contributed by atoms with Crippen LogP contribution in [0, 0.1) is 23.5 Å². The van der Waals surface area contributed by atoms with E-state index in [1.54, 1.807) is 12.1 Å². The highest BCUT2D eigenvalue weighted by atomic mass is 32.2. The summed E-state index contributed by atoms with van der Waals surface area (Å²) in [6.07, 6.45) is 3.59. The standard InChI is InChI=1S/C27H29F2NO5S/c28-21-8-10-22(11-9-21)36(34,35)27(20-7-12-23(17-1-2-17)24(29)15-20)13-14-30(16-27)25(31)18-3-5-19(6-4-18)26(32)33/h7-12,15,17-19H,1-6,13-14,16H2,(H,32,33)/t18?,19?,27-/m0/s1. The van der Waals surface area contributed by atoms with Crippen molar-refractivity contribution in [3.05, 3.63) is 65.2 Å². The van der Waals surface area contributed by atoms with Gasteiger partial charge in [-0.25, -0.2) is 17.2 Å². The van der Waals surface area contributed by atoms with Gasteiger partial charge in [0.1, 0.15) is 16.4 Å². The minimum Gasteiger partial charge on any atom is -0.481 e. The van der Waals surface area contributed by atoms with Crippen LogP contribution in [-0.2, 0) is 24.2 Å². The number of aliphatic carboxylic acids is 1. The zero-order valence-corrected chi connectivity index (χ0v) is 20.6. The molecule has 192 valence electrons. The molecule has 9 heteroatoms. The quantitative estimate of drug-likeness (QED) is 0.564. The van der Waals surface area contributed by atoms with Crippen molar-refractivity contribution < 1.29 is 31.9 Å². The molecule has 0 bridgehead atoms. The number of carbonyl (C=O) groups excluding carboxylic acids is 1. The van der Waals surface area contributed by atoms with E-state index < -0.39 is 38.1 Å². The van der Waals surface area contributed by atoms with Gasteiger partial charge in [0.25, 0.3) is 0 Å². The average molecular weight is 518 g/mol. The zero-order valence-electron chi connectivity index (χ0n) is 19.8. The number of carboxylic acid groups (broad SMARTS) is 1. The predicted molar refractivity (Wildman–Crippen MR) is 128 cm³/mol. The van der Waals surface area contributed by atoms with E-state index in [0.29, 0.717) is 36.8 Å². The minimum atomic E-state index is -4.13. The van der Waals surface area contributed by atoms with Crippen LogP contribution in [0.2, 0.25) is 0 Å². The lowest BCUT2D eigenvalue weighted by atomic mass is 9.81. The topological polar surface area (TPSA) is 91.8 Å². The Morgan fingerprint density at radius 1 is 0.917 bits per heavy atom. The summed E-state index contributed by atoms with van der Waals surface area (Å²) in [7, 11) is -4.13. The molecule has 2 aromatic carbocycles. The van der Waals surface area contributed by atoms with Crippen molar-refractivity contribution >= 4 is 21.7 Å². The van der Waals surface area contributed by atoms with Crippen molar-refractivity contribution in [2.75, 3.05) is 13.1 Å². The van der Waals surface area contributed by atoms with Crippen LogP contribution in [0.4, 0.5) is 8.78 Å². The van der Waals surface area contributed by atoms with Crippen molar-refractivity contribution in [2.45, 2.75) is 60.5 Å². The smallest absolute Gasteiger partial charge is 0.306 e. The number of likely N-dealkylation sites (tertiary alicyclic amines) is 1. The second kappa shape index (κ2) is 9.25. The molecule has 1 heterocycles. The molecule has 6 nitrogen and oxygen atoms in total. The number of amides is 1. The van der Waals surface area contributed by atoms with Gasteiger partial charge in [-0.1, -0.05) is 12.1 Å². The molecule has 0 spiro atoms. The van der Waals surface area contributed by atoms with Crippen LogP contribution in [0.3, 0.4) is 0 Å². The van der Waals surface area contributed by atoms with Crippen LogP contribution in [0.1, 0.15) is 62.0 Å². The molecule has 5 rings (SSSR count). The van der Waals surface area contributed by atoms with E-state index in [4.69, 9.17) is 0 Å². The van der Waals surface area contributed by atoms with Gasteiger partial charge in [-0.05, 0) is 92.3 Å². The largest absolute Gasteiger partial charge is 0.481 e. The van der Waals surface area contributed by atoms with Crippen LogP contribution in [0.25, 0.3) is 0 Å². The molecule has 1 atom stereocenters. The Labute approximate surface area is 209 Å². The van der Waals surface area contributed by atoms with Gasteiger partial charge in [0, 0.05) is 19.0 Å². The first-order valence-electron chi connectivity index (χ1n) is 12.4. The molecule has 36 heavy (non-hydrogen) atoms. The molecule has 0 unspecified atom stereocenters. The Bertz CT molecular complexity index is 1280. The van der Waals surface area contributed by atoms with Crippen molar-refractivity contribution in [1.29, 1.82) is 0 Å². The van der Waals surface area contributed by atoms with E-state index in [2.05, 4.69) is 0 Å². The van der Waals surface area contributed by atoms with Crippen molar-refractivity contribution in [3.8, 4) is 0 Å². The number of hydrogen-bond acceptors (Lipinski definition) is 4. The Morgan fingerprint density at radius 3 is 2.14 bits per heavy atom. The molecule has 2 aliphatic carbocycles.